The summed E-state index contributed by atoms with van der Waals surface area (Å²) in [6.45, 7) is 6.92. The summed E-state index contributed by atoms with van der Waals surface area (Å²) in [5, 5.41) is 8.64. The van der Waals surface area contributed by atoms with E-state index in [9.17, 15) is 0 Å². The highest BCUT2D eigenvalue weighted by Gasteiger charge is 2.23. The number of aromatic nitrogens is 1. The quantitative estimate of drug-likeness (QED) is 0.911. The molecule has 2 aliphatic heterocycles. The zero-order valence-electron chi connectivity index (χ0n) is 13.6. The molecule has 0 spiro atoms. The Labute approximate surface area is 133 Å². The van der Waals surface area contributed by atoms with Crippen molar-refractivity contribution in [2.75, 3.05) is 13.1 Å². The summed E-state index contributed by atoms with van der Waals surface area (Å²) < 4.78 is 2.62. The number of aryl methyl sites for hydroxylation is 1. The molecule has 118 valence electrons. The summed E-state index contributed by atoms with van der Waals surface area (Å²) in [7, 11) is 0. The Hall–Kier alpha value is -1.32. The van der Waals surface area contributed by atoms with Crippen molar-refractivity contribution in [1.29, 1.82) is 0 Å². The molecule has 2 N–H and O–H groups in total. The molecule has 3 heterocycles. The van der Waals surface area contributed by atoms with Crippen LogP contribution in [-0.4, -0.2) is 23.7 Å². The number of rotatable bonds is 3. The van der Waals surface area contributed by atoms with Crippen molar-refractivity contribution in [1.82, 2.24) is 15.2 Å². The summed E-state index contributed by atoms with van der Waals surface area (Å²) in [6.07, 6.45) is 5.20. The number of para-hydroxylation sites is 1. The molecule has 0 radical (unpaired) electrons. The predicted molar refractivity (Wildman–Crippen MR) is 92.2 cm³/mol. The van der Waals surface area contributed by atoms with Gasteiger partial charge in [-0.25, -0.2) is 0 Å². The predicted octanol–water partition coefficient (Wildman–Crippen LogP) is 3.07. The minimum absolute atomic E-state index is 0.590. The molecule has 1 fully saturated rings. The molecule has 2 unspecified atom stereocenters. The van der Waals surface area contributed by atoms with Gasteiger partial charge in [0.2, 0.25) is 0 Å². The van der Waals surface area contributed by atoms with Gasteiger partial charge in [0.25, 0.3) is 0 Å². The minimum atomic E-state index is 0.590. The second-order valence-corrected chi connectivity index (χ2v) is 7.08. The van der Waals surface area contributed by atoms with Gasteiger partial charge < -0.3 is 15.2 Å². The first-order valence-corrected chi connectivity index (χ1v) is 8.86. The van der Waals surface area contributed by atoms with E-state index < -0.39 is 0 Å². The molecule has 22 heavy (non-hydrogen) atoms. The molecule has 4 rings (SSSR count). The molecule has 3 heteroatoms. The van der Waals surface area contributed by atoms with Gasteiger partial charge in [0.15, 0.2) is 0 Å². The number of hydrogen-bond donors (Lipinski definition) is 2. The molecule has 0 aliphatic carbocycles. The Morgan fingerprint density at radius 2 is 2.18 bits per heavy atom. The second kappa shape index (κ2) is 6.05. The van der Waals surface area contributed by atoms with Crippen molar-refractivity contribution in [3.63, 3.8) is 0 Å². The zero-order chi connectivity index (χ0) is 14.9. The van der Waals surface area contributed by atoms with E-state index in [1.165, 1.54) is 55.4 Å². The van der Waals surface area contributed by atoms with Gasteiger partial charge in [0.1, 0.15) is 0 Å². The number of fused-ring (bicyclic) bond motifs is 3. The summed E-state index contributed by atoms with van der Waals surface area (Å²) in [6, 6.07) is 9.55. The molecule has 3 nitrogen and oxygen atoms in total. The lowest BCUT2D eigenvalue weighted by Gasteiger charge is -2.25. The average molecular weight is 297 g/mol. The molecule has 2 aliphatic rings. The molecule has 0 amide bonds. The number of nitrogens with zero attached hydrogens (tertiary/aromatic N) is 1. The van der Waals surface area contributed by atoms with Crippen LogP contribution < -0.4 is 10.6 Å². The Morgan fingerprint density at radius 3 is 3.05 bits per heavy atom. The first-order valence-electron chi connectivity index (χ1n) is 8.86. The molecular formula is C19H27N3. The topological polar surface area (TPSA) is 29.0 Å². The molecule has 1 aromatic carbocycles. The van der Waals surface area contributed by atoms with E-state index in [2.05, 4.69) is 46.4 Å². The summed E-state index contributed by atoms with van der Waals surface area (Å²) in [5.41, 5.74) is 4.55. The SMILES string of the molecule is CC1Cc2c(c3ccccc3n2CCC2CCCNC2)CN1. The molecule has 2 atom stereocenters. The van der Waals surface area contributed by atoms with Gasteiger partial charge in [0.05, 0.1) is 0 Å². The fraction of sp³-hybridized carbons (Fsp3) is 0.579. The van der Waals surface area contributed by atoms with Crippen LogP contribution in [0.4, 0.5) is 0 Å². The van der Waals surface area contributed by atoms with Crippen LogP contribution in [0.15, 0.2) is 24.3 Å². The lowest BCUT2D eigenvalue weighted by molar-refractivity contribution is 0.340. The standard InChI is InChI=1S/C19H27N3/c1-14-11-19-17(13-21-14)16-6-2-3-7-18(16)22(19)10-8-15-5-4-9-20-12-15/h2-3,6-7,14-15,20-21H,4-5,8-13H2,1H3. The highest BCUT2D eigenvalue weighted by atomic mass is 15.0. The van der Waals surface area contributed by atoms with E-state index in [4.69, 9.17) is 0 Å². The largest absolute Gasteiger partial charge is 0.344 e. The zero-order valence-corrected chi connectivity index (χ0v) is 13.6. The van der Waals surface area contributed by atoms with Crippen LogP contribution in [0.1, 0.15) is 37.4 Å². The van der Waals surface area contributed by atoms with Crippen molar-refractivity contribution >= 4 is 10.9 Å². The van der Waals surface area contributed by atoms with Crippen molar-refractivity contribution in [2.45, 2.75) is 51.7 Å². The van der Waals surface area contributed by atoms with E-state index in [1.54, 1.807) is 5.69 Å². The van der Waals surface area contributed by atoms with Crippen LogP contribution in [0.25, 0.3) is 10.9 Å². The number of piperidine rings is 1. The maximum Gasteiger partial charge on any atom is 0.0485 e. The summed E-state index contributed by atoms with van der Waals surface area (Å²) in [4.78, 5) is 0. The first kappa shape index (κ1) is 14.3. The molecule has 1 aromatic heterocycles. The van der Waals surface area contributed by atoms with E-state index >= 15 is 0 Å². The Kier molecular flexibility index (Phi) is 3.93. The van der Waals surface area contributed by atoms with Crippen LogP contribution in [0.2, 0.25) is 0 Å². The highest BCUT2D eigenvalue weighted by Crippen LogP contribution is 2.30. The van der Waals surface area contributed by atoms with Crippen LogP contribution in [-0.2, 0) is 19.5 Å². The smallest absolute Gasteiger partial charge is 0.0485 e. The fourth-order valence-electron chi connectivity index (χ4n) is 4.23. The Morgan fingerprint density at radius 1 is 1.27 bits per heavy atom. The van der Waals surface area contributed by atoms with Crippen LogP contribution >= 0.6 is 0 Å². The number of hydrogen-bond acceptors (Lipinski definition) is 2. The molecule has 2 aromatic rings. The van der Waals surface area contributed by atoms with Gasteiger partial charge in [-0.15, -0.1) is 0 Å². The Bertz CT molecular complexity index is 652. The maximum atomic E-state index is 3.63. The average Bonchev–Trinajstić information content (AvgIpc) is 2.87. The molecule has 1 saturated heterocycles. The minimum Gasteiger partial charge on any atom is -0.344 e. The van der Waals surface area contributed by atoms with Crippen LogP contribution in [0, 0.1) is 5.92 Å². The molecular weight excluding hydrogens is 270 g/mol. The van der Waals surface area contributed by atoms with Gasteiger partial charge >= 0.3 is 0 Å². The van der Waals surface area contributed by atoms with Gasteiger partial charge in [-0.1, -0.05) is 18.2 Å². The number of nitrogens with one attached hydrogen (secondary N) is 2. The van der Waals surface area contributed by atoms with Crippen molar-refractivity contribution in [3.05, 3.63) is 35.5 Å². The highest BCUT2D eigenvalue weighted by molar-refractivity contribution is 5.85. The van der Waals surface area contributed by atoms with Crippen molar-refractivity contribution < 1.29 is 0 Å². The van der Waals surface area contributed by atoms with E-state index in [0.717, 1.165) is 18.9 Å². The third-order valence-electron chi connectivity index (χ3n) is 5.48. The monoisotopic (exact) mass is 297 g/mol. The van der Waals surface area contributed by atoms with Gasteiger partial charge in [-0.05, 0) is 56.8 Å². The second-order valence-electron chi connectivity index (χ2n) is 7.08. The first-order chi connectivity index (χ1) is 10.8. The normalized spacial score (nSPS) is 25.3. The molecule has 0 saturated carbocycles. The van der Waals surface area contributed by atoms with E-state index in [1.807, 2.05) is 0 Å². The van der Waals surface area contributed by atoms with Gasteiger partial charge in [-0.2, -0.15) is 0 Å². The number of benzene rings is 1. The van der Waals surface area contributed by atoms with Crippen molar-refractivity contribution in [3.8, 4) is 0 Å². The van der Waals surface area contributed by atoms with E-state index in [-0.39, 0.29) is 0 Å². The van der Waals surface area contributed by atoms with Crippen molar-refractivity contribution in [2.24, 2.45) is 5.92 Å². The van der Waals surface area contributed by atoms with Crippen LogP contribution in [0.3, 0.4) is 0 Å². The fourth-order valence-corrected chi connectivity index (χ4v) is 4.23. The van der Waals surface area contributed by atoms with Crippen LogP contribution in [0.5, 0.6) is 0 Å². The maximum absolute atomic E-state index is 3.63. The third kappa shape index (κ3) is 2.57. The lowest BCUT2D eigenvalue weighted by atomic mass is 9.96. The summed E-state index contributed by atoms with van der Waals surface area (Å²) >= 11 is 0. The third-order valence-corrected chi connectivity index (χ3v) is 5.48. The van der Waals surface area contributed by atoms with Gasteiger partial charge in [0, 0.05) is 42.1 Å². The van der Waals surface area contributed by atoms with Gasteiger partial charge in [-0.3, -0.25) is 0 Å². The molecule has 0 bridgehead atoms. The lowest BCUT2D eigenvalue weighted by Crippen LogP contribution is -2.34. The van der Waals surface area contributed by atoms with E-state index in [0.29, 0.717) is 6.04 Å². The summed E-state index contributed by atoms with van der Waals surface area (Å²) in [5.74, 6) is 0.852. The Balaban J connectivity index is 1.65.